The molecular formula is C30H30Cl2F3N5O. The maximum Gasteiger partial charge on any atom is 0.421 e. The first-order valence-corrected chi connectivity index (χ1v) is 13.6. The van der Waals surface area contributed by atoms with Gasteiger partial charge in [-0.1, -0.05) is 97.2 Å². The lowest BCUT2D eigenvalue weighted by atomic mass is 10.1. The molecular weight excluding hydrogens is 574 g/mol. The van der Waals surface area contributed by atoms with E-state index in [1.54, 1.807) is 36.4 Å². The minimum absolute atomic E-state index is 0.0764. The first kappa shape index (κ1) is 31.7. The molecule has 1 heterocycles. The van der Waals surface area contributed by atoms with Crippen molar-refractivity contribution in [2.75, 3.05) is 10.6 Å². The summed E-state index contributed by atoms with van der Waals surface area (Å²) in [4.78, 5) is 19.5. The van der Waals surface area contributed by atoms with Gasteiger partial charge in [-0.25, -0.2) is 4.98 Å². The summed E-state index contributed by atoms with van der Waals surface area (Å²) in [5.74, 6) is -1.55. The van der Waals surface area contributed by atoms with Gasteiger partial charge >= 0.3 is 6.18 Å². The zero-order valence-electron chi connectivity index (χ0n) is 22.3. The van der Waals surface area contributed by atoms with E-state index in [0.29, 0.717) is 16.9 Å². The topological polar surface area (TPSA) is 92.9 Å². The van der Waals surface area contributed by atoms with Crippen LogP contribution in [-0.2, 0) is 23.8 Å². The summed E-state index contributed by atoms with van der Waals surface area (Å²) in [6.45, 7) is 2.23. The zero-order valence-corrected chi connectivity index (χ0v) is 23.8. The summed E-state index contributed by atoms with van der Waals surface area (Å²) in [5.41, 5.74) is 6.88. The van der Waals surface area contributed by atoms with E-state index in [-0.39, 0.29) is 17.4 Å². The van der Waals surface area contributed by atoms with Crippen molar-refractivity contribution in [3.8, 4) is 0 Å². The number of hydrogen-bond acceptors (Lipinski definition) is 5. The highest BCUT2D eigenvalue weighted by atomic mass is 35.5. The van der Waals surface area contributed by atoms with Gasteiger partial charge in [0.05, 0.1) is 10.0 Å². The van der Waals surface area contributed by atoms with Crippen LogP contribution in [0.5, 0.6) is 0 Å². The SMILES string of the molecule is CCCCc1ccccc1.NC(=O)C(Cc1ccccc1)Nc1nc(Nc2ccc(Cl)c(Cl)c2)ncc1C(F)(F)F. The Bertz CT molecular complexity index is 1410. The highest BCUT2D eigenvalue weighted by Gasteiger charge is 2.36. The highest BCUT2D eigenvalue weighted by Crippen LogP contribution is 2.35. The molecule has 0 aliphatic rings. The van der Waals surface area contributed by atoms with Crippen molar-refractivity contribution < 1.29 is 18.0 Å². The molecule has 0 saturated carbocycles. The number of nitrogens with two attached hydrogens (primary N) is 1. The predicted molar refractivity (Wildman–Crippen MR) is 159 cm³/mol. The molecule has 4 N–H and O–H groups in total. The van der Waals surface area contributed by atoms with Crippen LogP contribution in [0, 0.1) is 0 Å². The first-order valence-electron chi connectivity index (χ1n) is 12.9. The number of alkyl halides is 3. The van der Waals surface area contributed by atoms with Crippen molar-refractivity contribution in [1.29, 1.82) is 0 Å². The number of carbonyl (C=O) groups is 1. The Kier molecular flexibility index (Phi) is 11.8. The molecule has 0 fully saturated rings. The molecule has 4 aromatic rings. The van der Waals surface area contributed by atoms with E-state index in [0.717, 1.165) is 5.56 Å². The predicted octanol–water partition coefficient (Wildman–Crippen LogP) is 8.08. The van der Waals surface area contributed by atoms with Crippen molar-refractivity contribution in [1.82, 2.24) is 9.97 Å². The minimum atomic E-state index is -4.75. The van der Waals surface area contributed by atoms with Crippen LogP contribution in [0.15, 0.2) is 85.1 Å². The lowest BCUT2D eigenvalue weighted by Crippen LogP contribution is -2.38. The van der Waals surface area contributed by atoms with Crippen LogP contribution in [0.25, 0.3) is 0 Å². The molecule has 1 aromatic heterocycles. The van der Waals surface area contributed by atoms with Crippen LogP contribution in [0.3, 0.4) is 0 Å². The van der Waals surface area contributed by atoms with Crippen molar-refractivity contribution in [3.05, 3.63) is 112 Å². The van der Waals surface area contributed by atoms with Crippen LogP contribution in [0.2, 0.25) is 10.0 Å². The lowest BCUT2D eigenvalue weighted by Gasteiger charge is -2.20. The number of nitrogens with one attached hydrogen (secondary N) is 2. The van der Waals surface area contributed by atoms with Gasteiger partial charge in [-0.3, -0.25) is 4.79 Å². The number of aromatic nitrogens is 2. The Morgan fingerprint density at radius 2 is 1.59 bits per heavy atom. The number of aryl methyl sites for hydroxylation is 1. The number of hydrogen-bond donors (Lipinski definition) is 3. The van der Waals surface area contributed by atoms with Gasteiger partial charge in [-0.2, -0.15) is 18.2 Å². The number of benzene rings is 3. The average molecular weight is 605 g/mol. The van der Waals surface area contributed by atoms with Crippen LogP contribution < -0.4 is 16.4 Å². The van der Waals surface area contributed by atoms with E-state index < -0.39 is 29.5 Å². The molecule has 11 heteroatoms. The Morgan fingerprint density at radius 3 is 2.15 bits per heavy atom. The monoisotopic (exact) mass is 603 g/mol. The molecule has 0 aliphatic carbocycles. The minimum Gasteiger partial charge on any atom is -0.368 e. The molecule has 1 amide bonds. The normalized spacial score (nSPS) is 11.7. The van der Waals surface area contributed by atoms with E-state index in [2.05, 4.69) is 57.9 Å². The van der Waals surface area contributed by atoms with Crippen LogP contribution >= 0.6 is 23.2 Å². The summed E-state index contributed by atoms with van der Waals surface area (Å²) >= 11 is 11.8. The molecule has 6 nitrogen and oxygen atoms in total. The third kappa shape index (κ3) is 10.3. The number of halogens is 5. The second-order valence-corrected chi connectivity index (χ2v) is 9.90. The third-order valence-electron chi connectivity index (χ3n) is 5.87. The van der Waals surface area contributed by atoms with Gasteiger partial charge in [0.2, 0.25) is 11.9 Å². The smallest absolute Gasteiger partial charge is 0.368 e. The van der Waals surface area contributed by atoms with Crippen LogP contribution in [0.1, 0.15) is 36.5 Å². The van der Waals surface area contributed by atoms with E-state index >= 15 is 0 Å². The summed E-state index contributed by atoms with van der Waals surface area (Å²) in [7, 11) is 0. The van der Waals surface area contributed by atoms with E-state index in [9.17, 15) is 18.0 Å². The maximum atomic E-state index is 13.5. The third-order valence-corrected chi connectivity index (χ3v) is 6.61. The Hall–Kier alpha value is -3.82. The first-order chi connectivity index (χ1) is 19.6. The van der Waals surface area contributed by atoms with E-state index in [1.807, 2.05) is 0 Å². The molecule has 1 unspecified atom stereocenters. The summed E-state index contributed by atoms with van der Waals surface area (Å²) in [5, 5.41) is 5.83. The fourth-order valence-electron chi connectivity index (χ4n) is 3.73. The molecule has 0 aliphatic heterocycles. The standard InChI is InChI=1S/C20H16Cl2F3N5O.C10H14/c21-14-7-6-12(9-15(14)22)28-19-27-10-13(20(23,24)25)18(30-19)29-16(17(26)31)8-11-4-2-1-3-5-11;1-2-3-7-10-8-5-4-6-9-10/h1-7,9-10,16H,8H2,(H2,26,31)(H2,27,28,29,30);4-6,8-9H,2-3,7H2,1H3. The van der Waals surface area contributed by atoms with Crippen molar-refractivity contribution in [3.63, 3.8) is 0 Å². The molecule has 0 spiro atoms. The number of carbonyl (C=O) groups excluding carboxylic acids is 1. The van der Waals surface area contributed by atoms with E-state index in [4.69, 9.17) is 28.9 Å². The molecule has 3 aromatic carbocycles. The Morgan fingerprint density at radius 1 is 0.951 bits per heavy atom. The molecule has 0 saturated heterocycles. The second-order valence-electron chi connectivity index (χ2n) is 9.09. The maximum absolute atomic E-state index is 13.5. The number of nitrogens with zero attached hydrogens (tertiary/aromatic N) is 2. The molecule has 1 atom stereocenters. The van der Waals surface area contributed by atoms with Gasteiger partial charge in [0.1, 0.15) is 17.4 Å². The number of unbranched alkanes of at least 4 members (excludes halogenated alkanes) is 1. The second kappa shape index (κ2) is 15.3. The Labute approximate surface area is 247 Å². The Balaban J connectivity index is 0.000000389. The summed E-state index contributed by atoms with van der Waals surface area (Å²) in [6.07, 6.45) is -0.224. The fraction of sp³-hybridized carbons (Fsp3) is 0.233. The van der Waals surface area contributed by atoms with Gasteiger partial charge in [-0.15, -0.1) is 0 Å². The van der Waals surface area contributed by atoms with Gasteiger partial charge in [-0.05, 0) is 42.2 Å². The van der Waals surface area contributed by atoms with Gasteiger partial charge in [0.25, 0.3) is 0 Å². The quantitative estimate of drug-likeness (QED) is 0.170. The summed E-state index contributed by atoms with van der Waals surface area (Å²) < 4.78 is 40.5. The van der Waals surface area contributed by atoms with Crippen molar-refractivity contribution in [2.24, 2.45) is 5.73 Å². The van der Waals surface area contributed by atoms with Gasteiger partial charge < -0.3 is 16.4 Å². The summed E-state index contributed by atoms with van der Waals surface area (Å²) in [6, 6.07) is 22.8. The molecule has 4 rings (SSSR count). The average Bonchev–Trinajstić information content (AvgIpc) is 2.94. The molecule has 0 bridgehead atoms. The van der Waals surface area contributed by atoms with Crippen molar-refractivity contribution >= 4 is 46.6 Å². The van der Waals surface area contributed by atoms with Crippen molar-refractivity contribution in [2.45, 2.75) is 44.8 Å². The molecule has 0 radical (unpaired) electrons. The lowest BCUT2D eigenvalue weighted by molar-refractivity contribution is -0.137. The molecule has 216 valence electrons. The van der Waals surface area contributed by atoms with Gasteiger partial charge in [0, 0.05) is 18.3 Å². The number of anilines is 3. The largest absolute Gasteiger partial charge is 0.421 e. The highest BCUT2D eigenvalue weighted by molar-refractivity contribution is 6.42. The fourth-order valence-corrected chi connectivity index (χ4v) is 4.02. The number of primary amides is 1. The van der Waals surface area contributed by atoms with Crippen LogP contribution in [0.4, 0.5) is 30.6 Å². The molecule has 41 heavy (non-hydrogen) atoms. The van der Waals surface area contributed by atoms with Gasteiger partial charge in [0.15, 0.2) is 0 Å². The number of amides is 1. The van der Waals surface area contributed by atoms with E-state index in [1.165, 1.54) is 37.0 Å². The zero-order chi connectivity index (χ0) is 29.8. The van der Waals surface area contributed by atoms with Crippen LogP contribution in [-0.4, -0.2) is 21.9 Å². The number of rotatable bonds is 10.